The molecule has 2 N–H and O–H groups in total. The molecule has 166 valence electrons. The Morgan fingerprint density at radius 3 is 2.78 bits per heavy atom. The highest BCUT2D eigenvalue weighted by molar-refractivity contribution is 7.89. The topological polar surface area (TPSA) is 87.2 Å². The van der Waals surface area contributed by atoms with Crippen molar-refractivity contribution in [3.63, 3.8) is 0 Å². The van der Waals surface area contributed by atoms with Crippen molar-refractivity contribution >= 4 is 27.3 Å². The molecule has 2 aromatic carbocycles. The van der Waals surface area contributed by atoms with E-state index in [0.29, 0.717) is 17.4 Å². The summed E-state index contributed by atoms with van der Waals surface area (Å²) in [4.78, 5) is 9.58. The summed E-state index contributed by atoms with van der Waals surface area (Å²) in [5.74, 6) is 0.488. The molecule has 32 heavy (non-hydrogen) atoms. The number of nitrogens with one attached hydrogen (secondary N) is 2. The van der Waals surface area contributed by atoms with Gasteiger partial charge in [-0.1, -0.05) is 25.1 Å². The first kappa shape index (κ1) is 20.9. The van der Waals surface area contributed by atoms with Crippen molar-refractivity contribution < 1.29 is 8.42 Å². The molecule has 0 amide bonds. The lowest BCUT2D eigenvalue weighted by Crippen LogP contribution is -2.35. The molecule has 2 aliphatic heterocycles. The van der Waals surface area contributed by atoms with Gasteiger partial charge in [0.25, 0.3) is 0 Å². The quantitative estimate of drug-likeness (QED) is 0.600. The van der Waals surface area contributed by atoms with Gasteiger partial charge in [-0.2, -0.15) is 4.31 Å². The first-order chi connectivity index (χ1) is 15.6. The molecule has 3 aromatic rings. The Morgan fingerprint density at radius 1 is 1.16 bits per heavy atom. The number of rotatable bonds is 5. The molecule has 3 heterocycles. The number of sulfonamides is 1. The van der Waals surface area contributed by atoms with Gasteiger partial charge in [0.15, 0.2) is 0 Å². The third-order valence-corrected chi connectivity index (χ3v) is 8.23. The molecule has 8 heteroatoms. The monoisotopic (exact) mass is 449 g/mol. The van der Waals surface area contributed by atoms with Crippen molar-refractivity contribution in [2.75, 3.05) is 23.7 Å². The molecular formula is C24H27N5O2S. The molecule has 0 bridgehead atoms. The highest BCUT2D eigenvalue weighted by Gasteiger charge is 2.34. The van der Waals surface area contributed by atoms with E-state index in [1.807, 2.05) is 25.3 Å². The van der Waals surface area contributed by atoms with E-state index in [-0.39, 0.29) is 6.04 Å². The minimum Gasteiger partial charge on any atom is -0.384 e. The van der Waals surface area contributed by atoms with Crippen molar-refractivity contribution in [3.05, 3.63) is 60.3 Å². The zero-order valence-corrected chi connectivity index (χ0v) is 18.9. The van der Waals surface area contributed by atoms with Crippen LogP contribution in [0.2, 0.25) is 0 Å². The van der Waals surface area contributed by atoms with E-state index in [1.165, 1.54) is 0 Å². The van der Waals surface area contributed by atoms with Gasteiger partial charge in [0.2, 0.25) is 16.0 Å². The SMILES string of the molecule is CCC1CCCN1S(=O)(=O)c1ccc(Nc2ncc3c(n2)-c2ccccc2NCC3)cc1. The molecule has 1 aromatic heterocycles. The third-order valence-electron chi connectivity index (χ3n) is 6.27. The molecule has 1 unspecified atom stereocenters. The van der Waals surface area contributed by atoms with E-state index in [2.05, 4.69) is 27.8 Å². The summed E-state index contributed by atoms with van der Waals surface area (Å²) in [5, 5.41) is 6.67. The maximum atomic E-state index is 13.1. The summed E-state index contributed by atoms with van der Waals surface area (Å²) in [6.45, 7) is 3.48. The van der Waals surface area contributed by atoms with Crippen LogP contribution in [0.1, 0.15) is 31.7 Å². The van der Waals surface area contributed by atoms with Crippen molar-refractivity contribution in [1.29, 1.82) is 0 Å². The second-order valence-electron chi connectivity index (χ2n) is 8.26. The van der Waals surface area contributed by atoms with E-state index < -0.39 is 10.0 Å². The van der Waals surface area contributed by atoms with Gasteiger partial charge in [-0.15, -0.1) is 0 Å². The van der Waals surface area contributed by atoms with Crippen molar-refractivity contribution in [3.8, 4) is 11.3 Å². The number of hydrogen-bond donors (Lipinski definition) is 2. The van der Waals surface area contributed by atoms with Crippen molar-refractivity contribution in [2.24, 2.45) is 0 Å². The van der Waals surface area contributed by atoms with E-state index in [9.17, 15) is 8.42 Å². The molecule has 0 spiro atoms. The van der Waals surface area contributed by atoms with Gasteiger partial charge in [0, 0.05) is 42.3 Å². The zero-order valence-electron chi connectivity index (χ0n) is 18.1. The first-order valence-corrected chi connectivity index (χ1v) is 12.6. The van der Waals surface area contributed by atoms with Crippen molar-refractivity contribution in [2.45, 2.75) is 43.5 Å². The Morgan fingerprint density at radius 2 is 1.97 bits per heavy atom. The number of hydrogen-bond acceptors (Lipinski definition) is 6. The van der Waals surface area contributed by atoms with Crippen LogP contribution in [0.5, 0.6) is 0 Å². The Labute approximate surface area is 189 Å². The average molecular weight is 450 g/mol. The van der Waals surface area contributed by atoms with Crippen LogP contribution in [0.4, 0.5) is 17.3 Å². The maximum absolute atomic E-state index is 13.1. The Hall–Kier alpha value is -2.97. The molecule has 0 radical (unpaired) electrons. The third kappa shape index (κ3) is 3.84. The maximum Gasteiger partial charge on any atom is 0.243 e. The van der Waals surface area contributed by atoms with E-state index in [0.717, 1.165) is 60.4 Å². The number of para-hydroxylation sites is 1. The van der Waals surface area contributed by atoms with Gasteiger partial charge >= 0.3 is 0 Å². The summed E-state index contributed by atoms with van der Waals surface area (Å²) < 4.78 is 27.8. The van der Waals surface area contributed by atoms with Crippen LogP contribution in [-0.2, 0) is 16.4 Å². The standard InChI is InChI=1S/C24H27N5O2S/c1-2-19-6-5-15-29(19)32(30,31)20-11-9-18(10-12-20)27-24-26-16-17-13-14-25-22-8-4-3-7-21(22)23(17)28-24/h3-4,7-12,16,19,25H,2,5-6,13-15H2,1H3,(H,26,27,28). The minimum atomic E-state index is -3.47. The predicted molar refractivity (Wildman–Crippen MR) is 127 cm³/mol. The van der Waals surface area contributed by atoms with E-state index in [1.54, 1.807) is 28.6 Å². The number of aromatic nitrogens is 2. The molecule has 2 aliphatic rings. The molecule has 0 saturated carbocycles. The lowest BCUT2D eigenvalue weighted by Gasteiger charge is -2.23. The highest BCUT2D eigenvalue weighted by atomic mass is 32.2. The van der Waals surface area contributed by atoms with Gasteiger partial charge in [-0.25, -0.2) is 18.4 Å². The van der Waals surface area contributed by atoms with Crippen LogP contribution in [0.25, 0.3) is 11.3 Å². The highest BCUT2D eigenvalue weighted by Crippen LogP contribution is 2.33. The summed E-state index contributed by atoms with van der Waals surface area (Å²) in [6.07, 6.45) is 5.42. The van der Waals surface area contributed by atoms with Crippen LogP contribution in [0.3, 0.4) is 0 Å². The van der Waals surface area contributed by atoms with Crippen LogP contribution in [0.15, 0.2) is 59.6 Å². The number of nitrogens with zero attached hydrogens (tertiary/aromatic N) is 3. The second-order valence-corrected chi connectivity index (χ2v) is 10.1. The van der Waals surface area contributed by atoms with Crippen molar-refractivity contribution in [1.82, 2.24) is 14.3 Å². The summed E-state index contributed by atoms with van der Waals surface area (Å²) >= 11 is 0. The van der Waals surface area contributed by atoms with E-state index in [4.69, 9.17) is 4.98 Å². The molecule has 5 rings (SSSR count). The Balaban J connectivity index is 1.39. The fraction of sp³-hybridized carbons (Fsp3) is 0.333. The Kier molecular flexibility index (Phi) is 5.57. The zero-order chi connectivity index (χ0) is 22.1. The van der Waals surface area contributed by atoms with Crippen LogP contribution >= 0.6 is 0 Å². The van der Waals surface area contributed by atoms with Gasteiger partial charge in [0.05, 0.1) is 10.6 Å². The number of benzene rings is 2. The van der Waals surface area contributed by atoms with Crippen LogP contribution in [0, 0.1) is 0 Å². The molecule has 7 nitrogen and oxygen atoms in total. The van der Waals surface area contributed by atoms with Gasteiger partial charge in [-0.3, -0.25) is 0 Å². The van der Waals surface area contributed by atoms with Crippen LogP contribution < -0.4 is 10.6 Å². The molecule has 1 saturated heterocycles. The second kappa shape index (κ2) is 8.52. The molecule has 1 fully saturated rings. The van der Waals surface area contributed by atoms with Crippen LogP contribution in [-0.4, -0.2) is 41.8 Å². The first-order valence-electron chi connectivity index (χ1n) is 11.1. The smallest absolute Gasteiger partial charge is 0.243 e. The molecule has 0 aliphatic carbocycles. The lowest BCUT2D eigenvalue weighted by atomic mass is 10.1. The summed E-state index contributed by atoms with van der Waals surface area (Å²) in [5.41, 5.74) is 4.89. The minimum absolute atomic E-state index is 0.100. The summed E-state index contributed by atoms with van der Waals surface area (Å²) in [7, 11) is -3.47. The molecule has 1 atom stereocenters. The Bertz CT molecular complexity index is 1230. The largest absolute Gasteiger partial charge is 0.384 e. The van der Waals surface area contributed by atoms with Gasteiger partial charge in [-0.05, 0) is 61.6 Å². The normalized spacial score (nSPS) is 18.3. The van der Waals surface area contributed by atoms with Gasteiger partial charge in [0.1, 0.15) is 0 Å². The van der Waals surface area contributed by atoms with E-state index >= 15 is 0 Å². The number of anilines is 3. The average Bonchev–Trinajstić information content (AvgIpc) is 3.23. The number of fused-ring (bicyclic) bond motifs is 3. The fourth-order valence-corrected chi connectivity index (χ4v) is 6.33. The predicted octanol–water partition coefficient (Wildman–Crippen LogP) is 4.42. The fourth-order valence-electron chi connectivity index (χ4n) is 4.57. The lowest BCUT2D eigenvalue weighted by molar-refractivity contribution is 0.379. The molecular weight excluding hydrogens is 422 g/mol. The summed E-state index contributed by atoms with van der Waals surface area (Å²) in [6, 6.07) is 15.1. The van der Waals surface area contributed by atoms with Gasteiger partial charge < -0.3 is 10.6 Å².